The summed E-state index contributed by atoms with van der Waals surface area (Å²) in [5.41, 5.74) is 17.7. The molecule has 0 atom stereocenters. The number of aromatic nitrogens is 2. The maximum Gasteiger partial charge on any atom is 0.137 e. The van der Waals surface area contributed by atoms with Crippen LogP contribution in [-0.4, -0.2) is 16.2 Å². The molecule has 0 radical (unpaired) electrons. The largest absolute Gasteiger partial charge is 0.457 e. The minimum atomic E-state index is -0.946. The summed E-state index contributed by atoms with van der Waals surface area (Å²) in [6, 6.07) is 39.3. The minimum absolute atomic E-state index is 0.0215. The molecule has 0 amide bonds. The average Bonchev–Trinajstić information content (AvgIpc) is 3.88. The third-order valence-corrected chi connectivity index (χ3v) is 14.9. The number of pyridine rings is 1. The summed E-state index contributed by atoms with van der Waals surface area (Å²) in [4.78, 5) is 9.59. The highest BCUT2D eigenvalue weighted by Gasteiger charge is 2.33. The summed E-state index contributed by atoms with van der Waals surface area (Å²) in [6.45, 7) is 26.6. The van der Waals surface area contributed by atoms with Gasteiger partial charge in [-0.25, -0.2) is 18.2 Å². The smallest absolute Gasteiger partial charge is 0.137 e. The standard InChI is InChI=1S/C63H61F3N4O/c1-35(2)51-27-43(61-53(65)30-45(64)31-54(61)66)28-52(36(3)4)62(51)69-34-68(56-19-15-16-20-57(56)69)46-25-42(60-40(8)38(6)37(5)39(7)41(60)9)26-48(32-46)71-47-21-22-50-49-17-13-14-18-55(49)70(58(50)33-47)59-29-44(23-24-67-59)63(10,11)12/h13-33,35-36H,34H2,1-12H3. The number of hydrogen-bond donors (Lipinski definition) is 0. The lowest BCUT2D eigenvalue weighted by Crippen LogP contribution is -2.26. The Morgan fingerprint density at radius 3 is 1.76 bits per heavy atom. The van der Waals surface area contributed by atoms with Crippen molar-refractivity contribution in [2.45, 2.75) is 100 Å². The van der Waals surface area contributed by atoms with E-state index in [1.165, 1.54) is 38.9 Å². The van der Waals surface area contributed by atoms with E-state index in [1.54, 1.807) is 0 Å². The van der Waals surface area contributed by atoms with Gasteiger partial charge in [0.25, 0.3) is 0 Å². The van der Waals surface area contributed by atoms with Gasteiger partial charge in [-0.1, -0.05) is 78.8 Å². The van der Waals surface area contributed by atoms with Gasteiger partial charge in [-0.3, -0.25) is 4.57 Å². The second-order valence-corrected chi connectivity index (χ2v) is 21.0. The van der Waals surface area contributed by atoms with Gasteiger partial charge < -0.3 is 14.5 Å². The number of anilines is 4. The van der Waals surface area contributed by atoms with E-state index in [2.05, 4.69) is 195 Å². The maximum atomic E-state index is 15.5. The molecule has 0 fully saturated rings. The van der Waals surface area contributed by atoms with Gasteiger partial charge in [-0.15, -0.1) is 0 Å². The Bertz CT molecular complexity index is 3520. The van der Waals surface area contributed by atoms with Gasteiger partial charge >= 0.3 is 0 Å². The molecule has 360 valence electrons. The molecule has 0 unspecified atom stereocenters. The number of ether oxygens (including phenoxy) is 1. The molecule has 8 heteroatoms. The third kappa shape index (κ3) is 8.21. The van der Waals surface area contributed by atoms with E-state index in [-0.39, 0.29) is 22.8 Å². The fourth-order valence-corrected chi connectivity index (χ4v) is 10.7. The zero-order valence-corrected chi connectivity index (χ0v) is 42.8. The lowest BCUT2D eigenvalue weighted by Gasteiger charge is -2.30. The molecular formula is C63H61F3N4O. The number of benzene rings is 7. The van der Waals surface area contributed by atoms with Crippen molar-refractivity contribution >= 4 is 44.6 Å². The Balaban J connectivity index is 1.14. The topological polar surface area (TPSA) is 33.5 Å². The van der Waals surface area contributed by atoms with Crippen LogP contribution in [0, 0.1) is 52.1 Å². The van der Waals surface area contributed by atoms with Gasteiger partial charge in [-0.05, 0) is 180 Å². The van der Waals surface area contributed by atoms with E-state index in [1.807, 2.05) is 18.3 Å². The molecule has 5 nitrogen and oxygen atoms in total. The second-order valence-electron chi connectivity index (χ2n) is 21.0. The van der Waals surface area contributed by atoms with E-state index < -0.39 is 17.5 Å². The van der Waals surface area contributed by atoms with Gasteiger partial charge in [0.1, 0.15) is 41.4 Å². The highest BCUT2D eigenvalue weighted by atomic mass is 19.1. The van der Waals surface area contributed by atoms with Crippen LogP contribution >= 0.6 is 0 Å². The lowest BCUT2D eigenvalue weighted by molar-refractivity contribution is 0.483. The van der Waals surface area contributed by atoms with Crippen LogP contribution in [0.1, 0.15) is 105 Å². The molecule has 0 bridgehead atoms. The summed E-state index contributed by atoms with van der Waals surface area (Å²) in [6.07, 6.45) is 1.90. The summed E-state index contributed by atoms with van der Waals surface area (Å²) < 4.78 is 54.5. The molecule has 0 aliphatic carbocycles. The zero-order valence-electron chi connectivity index (χ0n) is 42.8. The molecule has 2 aromatic heterocycles. The Kier molecular flexibility index (Phi) is 11.9. The molecule has 9 aromatic rings. The highest BCUT2D eigenvalue weighted by molar-refractivity contribution is 6.09. The molecule has 3 heterocycles. The molecule has 0 spiro atoms. The van der Waals surface area contributed by atoms with Crippen LogP contribution in [-0.2, 0) is 5.41 Å². The summed E-state index contributed by atoms with van der Waals surface area (Å²) >= 11 is 0. The predicted molar refractivity (Wildman–Crippen MR) is 288 cm³/mol. The van der Waals surface area contributed by atoms with Gasteiger partial charge in [0.15, 0.2) is 0 Å². The molecule has 1 aliphatic heterocycles. The third-order valence-electron chi connectivity index (χ3n) is 14.9. The Morgan fingerprint density at radius 2 is 1.13 bits per heavy atom. The van der Waals surface area contributed by atoms with Crippen LogP contribution < -0.4 is 14.5 Å². The van der Waals surface area contributed by atoms with Crippen molar-refractivity contribution in [2.24, 2.45) is 0 Å². The lowest BCUT2D eigenvalue weighted by atomic mass is 9.86. The number of hydrogen-bond acceptors (Lipinski definition) is 4. The van der Waals surface area contributed by atoms with E-state index in [0.717, 1.165) is 79.2 Å². The first-order chi connectivity index (χ1) is 33.8. The van der Waals surface area contributed by atoms with E-state index in [9.17, 15) is 4.39 Å². The number of para-hydroxylation sites is 3. The summed E-state index contributed by atoms with van der Waals surface area (Å²) in [7, 11) is 0. The van der Waals surface area contributed by atoms with Crippen molar-refractivity contribution in [3.05, 3.63) is 189 Å². The van der Waals surface area contributed by atoms with E-state index >= 15 is 8.78 Å². The monoisotopic (exact) mass is 946 g/mol. The quantitative estimate of drug-likeness (QED) is 0.144. The van der Waals surface area contributed by atoms with E-state index in [0.29, 0.717) is 23.7 Å². The van der Waals surface area contributed by atoms with Crippen molar-refractivity contribution in [1.29, 1.82) is 0 Å². The molecular weight excluding hydrogens is 886 g/mol. The number of rotatable bonds is 9. The first-order valence-corrected chi connectivity index (χ1v) is 24.7. The van der Waals surface area contributed by atoms with Crippen LogP contribution in [0.25, 0.3) is 49.9 Å². The van der Waals surface area contributed by atoms with Crippen molar-refractivity contribution in [3.8, 4) is 39.6 Å². The van der Waals surface area contributed by atoms with Gasteiger partial charge in [0.2, 0.25) is 0 Å². The van der Waals surface area contributed by atoms with Crippen LogP contribution in [0.4, 0.5) is 35.9 Å². The zero-order chi connectivity index (χ0) is 50.4. The number of fused-ring (bicyclic) bond motifs is 4. The molecule has 0 saturated heterocycles. The Labute approximate surface area is 416 Å². The molecule has 71 heavy (non-hydrogen) atoms. The first kappa shape index (κ1) is 47.4. The molecule has 1 aliphatic rings. The van der Waals surface area contributed by atoms with Crippen molar-refractivity contribution in [3.63, 3.8) is 0 Å². The molecule has 10 rings (SSSR count). The van der Waals surface area contributed by atoms with Gasteiger partial charge in [-0.2, -0.15) is 0 Å². The number of halogens is 3. The van der Waals surface area contributed by atoms with Crippen LogP contribution in [0.15, 0.2) is 128 Å². The molecule has 0 N–H and O–H groups in total. The average molecular weight is 947 g/mol. The fraction of sp³-hybridized carbons (Fsp3) is 0.254. The highest BCUT2D eigenvalue weighted by Crippen LogP contribution is 2.51. The Morgan fingerprint density at radius 1 is 0.549 bits per heavy atom. The van der Waals surface area contributed by atoms with Gasteiger partial charge in [0.05, 0.1) is 28.0 Å². The summed E-state index contributed by atoms with van der Waals surface area (Å²) in [5.74, 6) is -0.603. The van der Waals surface area contributed by atoms with Crippen LogP contribution in [0.3, 0.4) is 0 Å². The number of nitrogens with zero attached hydrogens (tertiary/aromatic N) is 4. The van der Waals surface area contributed by atoms with E-state index in [4.69, 9.17) is 9.72 Å². The van der Waals surface area contributed by atoms with Crippen LogP contribution in [0.5, 0.6) is 11.5 Å². The molecule has 7 aromatic carbocycles. The minimum Gasteiger partial charge on any atom is -0.457 e. The maximum absolute atomic E-state index is 15.5. The van der Waals surface area contributed by atoms with Crippen LogP contribution in [0.2, 0.25) is 0 Å². The Hall–Kier alpha value is -7.32. The normalized spacial score (nSPS) is 12.9. The van der Waals surface area contributed by atoms with Crippen molar-refractivity contribution < 1.29 is 17.9 Å². The summed E-state index contributed by atoms with van der Waals surface area (Å²) in [5, 5.41) is 2.25. The SMILES string of the molecule is Cc1c(C)c(C)c(-c2cc(Oc3ccc4c5ccccc5n(-c5cc(C(C)(C)C)ccn5)c4c3)cc(N3CN(c4c(C(C)C)cc(-c5c(F)cc(F)cc5F)cc4C(C)C)c4ccccc43)c2)c(C)c1C. The van der Waals surface area contributed by atoms with Crippen molar-refractivity contribution in [1.82, 2.24) is 9.55 Å². The van der Waals surface area contributed by atoms with Crippen molar-refractivity contribution in [2.75, 3.05) is 16.5 Å². The predicted octanol–water partition coefficient (Wildman–Crippen LogP) is 18.1. The van der Waals surface area contributed by atoms with Gasteiger partial charge in [0, 0.05) is 52.6 Å². The molecule has 0 saturated carbocycles. The first-order valence-electron chi connectivity index (χ1n) is 24.7. The fourth-order valence-electron chi connectivity index (χ4n) is 10.7. The second kappa shape index (κ2) is 17.8.